The smallest absolute Gasteiger partial charge is 0.201 e. The molecule has 0 saturated heterocycles. The minimum atomic E-state index is -0.918. The number of nitrogens with two attached hydrogens (primary N) is 1. The van der Waals surface area contributed by atoms with Crippen LogP contribution in [0.25, 0.3) is 11.0 Å². The number of nitrogens with zero attached hydrogens (tertiary/aromatic N) is 2. The van der Waals surface area contributed by atoms with Crippen molar-refractivity contribution in [3.63, 3.8) is 0 Å². The first-order valence-corrected chi connectivity index (χ1v) is 6.21. The summed E-state index contributed by atoms with van der Waals surface area (Å²) < 4.78 is 28.3. The van der Waals surface area contributed by atoms with Gasteiger partial charge in [0.1, 0.15) is 0 Å². The largest absolute Gasteiger partial charge is 0.369 e. The summed E-state index contributed by atoms with van der Waals surface area (Å²) in [4.78, 5) is 4.07. The van der Waals surface area contributed by atoms with Gasteiger partial charge in [0, 0.05) is 12.1 Å². The normalized spacial score (nSPS) is 11.2. The van der Waals surface area contributed by atoms with Crippen LogP contribution in [-0.4, -0.2) is 9.55 Å². The van der Waals surface area contributed by atoms with Gasteiger partial charge in [-0.3, -0.25) is 0 Å². The van der Waals surface area contributed by atoms with E-state index < -0.39 is 11.6 Å². The van der Waals surface area contributed by atoms with E-state index in [0.29, 0.717) is 17.6 Å². The molecule has 3 rings (SSSR count). The van der Waals surface area contributed by atoms with Crippen molar-refractivity contribution in [1.82, 2.24) is 9.55 Å². The summed E-state index contributed by atoms with van der Waals surface area (Å²) in [6, 6.07) is 10.0. The van der Waals surface area contributed by atoms with Crippen molar-refractivity contribution in [3.05, 3.63) is 59.2 Å². The number of benzene rings is 2. The molecule has 5 heteroatoms. The first-order valence-electron chi connectivity index (χ1n) is 6.21. The summed E-state index contributed by atoms with van der Waals surface area (Å²) >= 11 is 0. The van der Waals surface area contributed by atoms with Crippen LogP contribution in [0.3, 0.4) is 0 Å². The van der Waals surface area contributed by atoms with Crippen molar-refractivity contribution in [2.75, 3.05) is 5.73 Å². The Morgan fingerprint density at radius 2 is 1.85 bits per heavy atom. The van der Waals surface area contributed by atoms with Crippen LogP contribution < -0.4 is 5.73 Å². The average Bonchev–Trinajstić information content (AvgIpc) is 2.69. The summed E-state index contributed by atoms with van der Waals surface area (Å²) in [5.74, 6) is -1.57. The first-order chi connectivity index (χ1) is 9.56. The Morgan fingerprint density at radius 1 is 1.15 bits per heavy atom. The van der Waals surface area contributed by atoms with Crippen LogP contribution in [0.15, 0.2) is 36.4 Å². The van der Waals surface area contributed by atoms with Gasteiger partial charge >= 0.3 is 0 Å². The van der Waals surface area contributed by atoms with Crippen LogP contribution >= 0.6 is 0 Å². The molecule has 0 saturated carbocycles. The van der Waals surface area contributed by atoms with Crippen LogP contribution in [0.4, 0.5) is 14.7 Å². The second kappa shape index (κ2) is 4.59. The third kappa shape index (κ3) is 2.01. The van der Waals surface area contributed by atoms with Crippen LogP contribution in [0.2, 0.25) is 0 Å². The zero-order valence-electron chi connectivity index (χ0n) is 10.9. The maximum atomic E-state index is 13.4. The lowest BCUT2D eigenvalue weighted by Gasteiger charge is -2.09. The molecule has 3 nitrogen and oxygen atoms in total. The number of fused-ring (bicyclic) bond motifs is 1. The lowest BCUT2D eigenvalue weighted by atomic mass is 10.1. The number of hydrogen-bond acceptors (Lipinski definition) is 2. The molecule has 0 aliphatic rings. The Labute approximate surface area is 114 Å². The highest BCUT2D eigenvalue weighted by Crippen LogP contribution is 2.23. The maximum absolute atomic E-state index is 13.4. The maximum Gasteiger partial charge on any atom is 0.201 e. The lowest BCUT2D eigenvalue weighted by Crippen LogP contribution is -2.05. The van der Waals surface area contributed by atoms with Crippen LogP contribution in [0.1, 0.15) is 11.1 Å². The van der Waals surface area contributed by atoms with E-state index in [2.05, 4.69) is 4.98 Å². The molecular formula is C15H13F2N3. The molecule has 1 heterocycles. The van der Waals surface area contributed by atoms with Gasteiger partial charge in [-0.1, -0.05) is 24.3 Å². The molecule has 0 fully saturated rings. The number of nitrogen functional groups attached to an aromatic ring is 1. The SMILES string of the molecule is Cc1ccccc1Cn1c(N)nc2cc(F)c(F)cc21. The number of imidazole rings is 1. The molecule has 0 atom stereocenters. The Balaban J connectivity index is 2.14. The molecule has 2 aromatic carbocycles. The summed E-state index contributed by atoms with van der Waals surface area (Å²) in [5.41, 5.74) is 8.87. The fourth-order valence-electron chi connectivity index (χ4n) is 2.26. The van der Waals surface area contributed by atoms with Gasteiger partial charge < -0.3 is 10.3 Å². The van der Waals surface area contributed by atoms with Crippen LogP contribution in [-0.2, 0) is 6.54 Å². The van der Waals surface area contributed by atoms with E-state index in [1.54, 1.807) is 4.57 Å². The van der Waals surface area contributed by atoms with E-state index in [1.165, 1.54) is 0 Å². The predicted molar refractivity (Wildman–Crippen MR) is 74.3 cm³/mol. The lowest BCUT2D eigenvalue weighted by molar-refractivity contribution is 0.510. The zero-order chi connectivity index (χ0) is 14.3. The van der Waals surface area contributed by atoms with E-state index in [4.69, 9.17) is 5.73 Å². The van der Waals surface area contributed by atoms with Crippen molar-refractivity contribution in [2.45, 2.75) is 13.5 Å². The van der Waals surface area contributed by atoms with E-state index in [1.807, 2.05) is 31.2 Å². The van der Waals surface area contributed by atoms with Crippen molar-refractivity contribution in [3.8, 4) is 0 Å². The molecule has 0 radical (unpaired) electrons. The van der Waals surface area contributed by atoms with Crippen molar-refractivity contribution < 1.29 is 8.78 Å². The summed E-state index contributed by atoms with van der Waals surface area (Å²) in [5, 5.41) is 0. The second-order valence-electron chi connectivity index (χ2n) is 4.74. The third-order valence-electron chi connectivity index (χ3n) is 3.41. The molecule has 3 aromatic rings. The molecule has 0 amide bonds. The third-order valence-corrected chi connectivity index (χ3v) is 3.41. The molecule has 0 aliphatic heterocycles. The number of aryl methyl sites for hydroxylation is 1. The van der Waals surface area contributed by atoms with Gasteiger partial charge in [0.15, 0.2) is 11.6 Å². The number of halogens is 2. The van der Waals surface area contributed by atoms with E-state index in [-0.39, 0.29) is 5.95 Å². The average molecular weight is 273 g/mol. The van der Waals surface area contributed by atoms with Gasteiger partial charge in [0.2, 0.25) is 5.95 Å². The van der Waals surface area contributed by atoms with Gasteiger partial charge in [-0.05, 0) is 18.1 Å². The van der Waals surface area contributed by atoms with E-state index >= 15 is 0 Å². The Kier molecular flexibility index (Phi) is 2.89. The highest BCUT2D eigenvalue weighted by Gasteiger charge is 2.13. The predicted octanol–water partition coefficient (Wildman–Crippen LogP) is 3.25. The molecule has 102 valence electrons. The molecule has 20 heavy (non-hydrogen) atoms. The van der Waals surface area contributed by atoms with E-state index in [9.17, 15) is 8.78 Å². The quantitative estimate of drug-likeness (QED) is 0.779. The fraction of sp³-hybridized carbons (Fsp3) is 0.133. The molecule has 0 spiro atoms. The summed E-state index contributed by atoms with van der Waals surface area (Å²) in [7, 11) is 0. The van der Waals surface area contributed by atoms with Gasteiger partial charge in [-0.2, -0.15) is 0 Å². The number of aromatic nitrogens is 2. The van der Waals surface area contributed by atoms with Gasteiger partial charge in [0.25, 0.3) is 0 Å². The molecule has 2 N–H and O–H groups in total. The van der Waals surface area contributed by atoms with Crippen molar-refractivity contribution in [2.24, 2.45) is 0 Å². The van der Waals surface area contributed by atoms with Crippen LogP contribution in [0, 0.1) is 18.6 Å². The molecule has 1 aromatic heterocycles. The van der Waals surface area contributed by atoms with Gasteiger partial charge in [-0.15, -0.1) is 0 Å². The molecule has 0 unspecified atom stereocenters. The summed E-state index contributed by atoms with van der Waals surface area (Å²) in [6.07, 6.45) is 0. The Bertz CT molecular complexity index is 793. The van der Waals surface area contributed by atoms with Crippen molar-refractivity contribution >= 4 is 17.0 Å². The van der Waals surface area contributed by atoms with Crippen LogP contribution in [0.5, 0.6) is 0 Å². The van der Waals surface area contributed by atoms with Crippen molar-refractivity contribution in [1.29, 1.82) is 0 Å². The first kappa shape index (κ1) is 12.6. The standard InChI is InChI=1S/C15H13F2N3/c1-9-4-2-3-5-10(9)8-20-14-7-12(17)11(16)6-13(14)19-15(20)18/h2-7H,8H2,1H3,(H2,18,19). The second-order valence-corrected chi connectivity index (χ2v) is 4.74. The van der Waals surface area contributed by atoms with E-state index in [0.717, 1.165) is 23.3 Å². The van der Waals surface area contributed by atoms with Gasteiger partial charge in [-0.25, -0.2) is 13.8 Å². The number of hydrogen-bond donors (Lipinski definition) is 1. The Hall–Kier alpha value is -2.43. The number of anilines is 1. The minimum absolute atomic E-state index is 0.244. The zero-order valence-corrected chi connectivity index (χ0v) is 10.9. The molecule has 0 bridgehead atoms. The molecule has 0 aliphatic carbocycles. The minimum Gasteiger partial charge on any atom is -0.369 e. The summed E-state index contributed by atoms with van der Waals surface area (Å²) in [6.45, 7) is 2.46. The highest BCUT2D eigenvalue weighted by molar-refractivity contribution is 5.78. The van der Waals surface area contributed by atoms with Gasteiger partial charge in [0.05, 0.1) is 17.6 Å². The fourth-order valence-corrected chi connectivity index (χ4v) is 2.26. The Morgan fingerprint density at radius 3 is 2.60 bits per heavy atom. The number of rotatable bonds is 2. The monoisotopic (exact) mass is 273 g/mol. The topological polar surface area (TPSA) is 43.8 Å². The molecular weight excluding hydrogens is 260 g/mol. The highest BCUT2D eigenvalue weighted by atomic mass is 19.2.